The number of nitrogens with zero attached hydrogens (tertiary/aromatic N) is 2. The first-order chi connectivity index (χ1) is 16.7. The minimum atomic E-state index is -0.470. The maximum atomic E-state index is 13.3. The Kier molecular flexibility index (Phi) is 7.15. The lowest BCUT2D eigenvalue weighted by atomic mass is 9.89. The molecule has 0 saturated carbocycles. The molecule has 2 aliphatic rings. The molecule has 2 amide bonds. The van der Waals surface area contributed by atoms with Crippen molar-refractivity contribution < 1.29 is 14.3 Å². The largest absolute Gasteiger partial charge is 0.493 e. The van der Waals surface area contributed by atoms with E-state index in [1.54, 1.807) is 11.0 Å². The molecule has 2 aliphatic heterocycles. The Morgan fingerprint density at radius 3 is 2.74 bits per heavy atom. The smallest absolute Gasteiger partial charge is 0.251 e. The van der Waals surface area contributed by atoms with Crippen molar-refractivity contribution in [3.8, 4) is 5.75 Å². The summed E-state index contributed by atoms with van der Waals surface area (Å²) in [6, 6.07) is 14.9. The number of nitrogens with one attached hydrogen (secondary N) is 1. The summed E-state index contributed by atoms with van der Waals surface area (Å²) in [5.74, 6) is 1.21. The lowest BCUT2D eigenvalue weighted by Gasteiger charge is -2.39. The lowest BCUT2D eigenvalue weighted by Crippen LogP contribution is -2.52. The number of guanidine groups is 1. The van der Waals surface area contributed by atoms with Crippen molar-refractivity contribution in [2.24, 2.45) is 16.6 Å². The molecule has 7 heteroatoms. The highest BCUT2D eigenvalue weighted by Gasteiger charge is 2.39. The zero-order valence-electron chi connectivity index (χ0n) is 21.1. The van der Waals surface area contributed by atoms with Gasteiger partial charge in [0.1, 0.15) is 5.75 Å². The fraction of sp³-hybridized carbons (Fsp3) is 0.464. The van der Waals surface area contributed by atoms with Crippen LogP contribution in [0, 0.1) is 5.92 Å². The molecule has 0 spiro atoms. The number of carbonyl (C=O) groups is 2. The summed E-state index contributed by atoms with van der Waals surface area (Å²) in [7, 11) is 0. The Labute approximate surface area is 207 Å². The molecule has 2 heterocycles. The average molecular weight is 477 g/mol. The third kappa shape index (κ3) is 5.34. The first kappa shape index (κ1) is 24.8. The molecular weight excluding hydrogens is 440 g/mol. The van der Waals surface area contributed by atoms with Gasteiger partial charge in [-0.25, -0.2) is 4.99 Å². The summed E-state index contributed by atoms with van der Waals surface area (Å²) in [5, 5.41) is 3.17. The molecule has 7 nitrogen and oxygen atoms in total. The Morgan fingerprint density at radius 1 is 1.26 bits per heavy atom. The van der Waals surface area contributed by atoms with Crippen LogP contribution >= 0.6 is 0 Å². The number of rotatable bonds is 7. The number of hydrogen-bond acceptors (Lipinski definition) is 5. The Morgan fingerprint density at radius 2 is 2.03 bits per heavy atom. The number of ether oxygens (including phenoxy) is 1. The van der Waals surface area contributed by atoms with Gasteiger partial charge in [0.05, 0.1) is 30.7 Å². The van der Waals surface area contributed by atoms with Crippen molar-refractivity contribution >= 4 is 17.8 Å². The number of amides is 2. The predicted octanol–water partition coefficient (Wildman–Crippen LogP) is 4.74. The molecule has 3 atom stereocenters. The molecule has 2 aromatic carbocycles. The van der Waals surface area contributed by atoms with E-state index in [1.807, 2.05) is 56.3 Å². The van der Waals surface area contributed by atoms with Crippen LogP contribution in [-0.4, -0.2) is 34.8 Å². The van der Waals surface area contributed by atoms with E-state index < -0.39 is 5.54 Å². The second-order valence-corrected chi connectivity index (χ2v) is 10.2. The van der Waals surface area contributed by atoms with Gasteiger partial charge in [-0.15, -0.1) is 0 Å². The predicted molar refractivity (Wildman–Crippen MR) is 137 cm³/mol. The molecule has 0 fully saturated rings. The molecule has 2 unspecified atom stereocenters. The second-order valence-electron chi connectivity index (χ2n) is 10.2. The second kappa shape index (κ2) is 10.1. The van der Waals surface area contributed by atoms with Crippen molar-refractivity contribution in [3.63, 3.8) is 0 Å². The van der Waals surface area contributed by atoms with Crippen LogP contribution in [0.25, 0.3) is 0 Å². The van der Waals surface area contributed by atoms with Crippen LogP contribution in [0.4, 0.5) is 0 Å². The SMILES string of the molecule is CCC1(C)CC(=O)N(C(CC(C)C)c2cccc(C(=O)N[C@H]3CCOc4ccccc43)c2)C(N)=N1. The monoisotopic (exact) mass is 476 g/mol. The van der Waals surface area contributed by atoms with Gasteiger partial charge < -0.3 is 15.8 Å². The molecule has 35 heavy (non-hydrogen) atoms. The molecule has 0 saturated heterocycles. The molecule has 3 N–H and O–H groups in total. The van der Waals surface area contributed by atoms with Gasteiger partial charge in [0.25, 0.3) is 5.91 Å². The summed E-state index contributed by atoms with van der Waals surface area (Å²) in [6.45, 7) is 8.77. The number of hydrogen-bond donors (Lipinski definition) is 2. The van der Waals surface area contributed by atoms with Crippen LogP contribution in [0.15, 0.2) is 53.5 Å². The summed E-state index contributed by atoms with van der Waals surface area (Å²) in [4.78, 5) is 32.8. The van der Waals surface area contributed by atoms with Crippen LogP contribution in [-0.2, 0) is 4.79 Å². The van der Waals surface area contributed by atoms with E-state index in [2.05, 4.69) is 24.2 Å². The van der Waals surface area contributed by atoms with Crippen LogP contribution in [0.5, 0.6) is 5.75 Å². The molecule has 0 aliphatic carbocycles. The van der Waals surface area contributed by atoms with Gasteiger partial charge in [-0.1, -0.05) is 51.1 Å². The molecule has 186 valence electrons. The van der Waals surface area contributed by atoms with Gasteiger partial charge in [-0.05, 0) is 49.4 Å². The van der Waals surface area contributed by atoms with E-state index in [1.165, 1.54) is 0 Å². The van der Waals surface area contributed by atoms with Crippen molar-refractivity contribution in [2.45, 2.75) is 71.0 Å². The standard InChI is InChI=1S/C28H36N4O3/c1-5-28(4)17-25(33)32(27(29)31-28)23(15-18(2)3)19-9-8-10-20(16-19)26(34)30-22-13-14-35-24-12-7-6-11-21(22)24/h6-12,16,18,22-23H,5,13-15,17H2,1-4H3,(H2,29,31)(H,30,34)/t22-,23?,28?/m0/s1. The maximum Gasteiger partial charge on any atom is 0.251 e. The fourth-order valence-electron chi connectivity index (χ4n) is 4.90. The van der Waals surface area contributed by atoms with E-state index in [9.17, 15) is 9.59 Å². The molecule has 4 rings (SSSR count). The zero-order chi connectivity index (χ0) is 25.2. The van der Waals surface area contributed by atoms with Crippen LogP contribution in [0.1, 0.15) is 86.9 Å². The highest BCUT2D eigenvalue weighted by molar-refractivity contribution is 5.99. The minimum Gasteiger partial charge on any atom is -0.493 e. The topological polar surface area (TPSA) is 97.0 Å². The van der Waals surface area contributed by atoms with Gasteiger partial charge in [0.15, 0.2) is 5.96 Å². The van der Waals surface area contributed by atoms with Crippen molar-refractivity contribution in [1.29, 1.82) is 0 Å². The highest BCUT2D eigenvalue weighted by atomic mass is 16.5. The zero-order valence-corrected chi connectivity index (χ0v) is 21.1. The van der Waals surface area contributed by atoms with Crippen LogP contribution in [0.3, 0.4) is 0 Å². The van der Waals surface area contributed by atoms with E-state index in [0.29, 0.717) is 37.4 Å². The average Bonchev–Trinajstić information content (AvgIpc) is 2.83. The molecule has 2 aromatic rings. The van der Waals surface area contributed by atoms with Gasteiger partial charge >= 0.3 is 0 Å². The van der Waals surface area contributed by atoms with Gasteiger partial charge in [0.2, 0.25) is 5.91 Å². The summed E-state index contributed by atoms with van der Waals surface area (Å²) in [6.07, 6.45) is 2.49. The van der Waals surface area contributed by atoms with Crippen molar-refractivity contribution in [2.75, 3.05) is 6.61 Å². The van der Waals surface area contributed by atoms with Crippen molar-refractivity contribution in [3.05, 3.63) is 65.2 Å². The summed E-state index contributed by atoms with van der Waals surface area (Å²) >= 11 is 0. The third-order valence-electron chi connectivity index (χ3n) is 7.00. The summed E-state index contributed by atoms with van der Waals surface area (Å²) in [5.41, 5.74) is 8.32. The first-order valence-electron chi connectivity index (χ1n) is 12.5. The lowest BCUT2D eigenvalue weighted by molar-refractivity contribution is -0.131. The quantitative estimate of drug-likeness (QED) is 0.603. The Balaban J connectivity index is 1.61. The normalized spacial score (nSPS) is 22.8. The van der Waals surface area contributed by atoms with Crippen molar-refractivity contribution in [1.82, 2.24) is 10.2 Å². The van der Waals surface area contributed by atoms with Crippen LogP contribution in [0.2, 0.25) is 0 Å². The van der Waals surface area contributed by atoms with Gasteiger partial charge in [-0.2, -0.15) is 0 Å². The van der Waals surface area contributed by atoms with E-state index in [-0.39, 0.29) is 29.9 Å². The maximum absolute atomic E-state index is 13.3. The summed E-state index contributed by atoms with van der Waals surface area (Å²) < 4.78 is 5.73. The number of nitrogens with two attached hydrogens (primary N) is 1. The molecule has 0 bridgehead atoms. The van der Waals surface area contributed by atoms with E-state index in [0.717, 1.165) is 23.3 Å². The number of carbonyl (C=O) groups excluding carboxylic acids is 2. The first-order valence-corrected chi connectivity index (χ1v) is 12.5. The molecular formula is C28H36N4O3. The Bertz CT molecular complexity index is 1130. The third-order valence-corrected chi connectivity index (χ3v) is 7.00. The molecule has 0 radical (unpaired) electrons. The number of para-hydroxylation sites is 1. The highest BCUT2D eigenvalue weighted by Crippen LogP contribution is 2.35. The van der Waals surface area contributed by atoms with E-state index in [4.69, 9.17) is 10.5 Å². The van der Waals surface area contributed by atoms with E-state index >= 15 is 0 Å². The number of benzene rings is 2. The molecule has 0 aromatic heterocycles. The van der Waals surface area contributed by atoms with Crippen LogP contribution < -0.4 is 15.8 Å². The van der Waals surface area contributed by atoms with Gasteiger partial charge in [0, 0.05) is 17.5 Å². The Hall–Kier alpha value is -3.35. The number of fused-ring (bicyclic) bond motifs is 1. The number of aliphatic imine (C=N–C) groups is 1. The minimum absolute atomic E-state index is 0.0267. The fourth-order valence-corrected chi connectivity index (χ4v) is 4.90. The van der Waals surface area contributed by atoms with Gasteiger partial charge in [-0.3, -0.25) is 14.5 Å².